The molecular weight excluding hydrogens is 233 g/mol. The third-order valence-electron chi connectivity index (χ3n) is 3.21. The first-order valence-electron chi connectivity index (χ1n) is 6.30. The van der Waals surface area contributed by atoms with Gasteiger partial charge >= 0.3 is 0 Å². The highest BCUT2D eigenvalue weighted by Gasteiger charge is 2.36. The van der Waals surface area contributed by atoms with Crippen LogP contribution in [0.15, 0.2) is 12.4 Å². The summed E-state index contributed by atoms with van der Waals surface area (Å²) >= 11 is 0. The summed E-state index contributed by atoms with van der Waals surface area (Å²) in [6.07, 6.45) is 3.62. The number of ether oxygens (including phenoxy) is 1. The minimum absolute atomic E-state index is 0.131. The van der Waals surface area contributed by atoms with Gasteiger partial charge < -0.3 is 10.1 Å². The van der Waals surface area contributed by atoms with Crippen LogP contribution in [0.5, 0.6) is 0 Å². The summed E-state index contributed by atoms with van der Waals surface area (Å²) in [6, 6.07) is 0. The normalized spacial score (nSPS) is 24.2. The molecule has 1 aliphatic rings. The smallest absolute Gasteiger partial charge is 0.222 e. The summed E-state index contributed by atoms with van der Waals surface area (Å²) in [6.45, 7) is 8.12. The van der Waals surface area contributed by atoms with Gasteiger partial charge in [-0.15, -0.1) is 0 Å². The summed E-state index contributed by atoms with van der Waals surface area (Å²) in [7, 11) is 0. The Hall–Kier alpha value is -1.23. The molecule has 1 aromatic rings. The van der Waals surface area contributed by atoms with Gasteiger partial charge in [-0.05, 0) is 11.8 Å². The highest BCUT2D eigenvalue weighted by Crippen LogP contribution is 2.34. The Kier molecular flexibility index (Phi) is 3.80. The molecule has 0 unspecified atom stereocenters. The van der Waals surface area contributed by atoms with Crippen LogP contribution in [0.1, 0.15) is 27.2 Å². The molecule has 1 aliphatic heterocycles. The van der Waals surface area contributed by atoms with Crippen molar-refractivity contribution >= 4 is 5.95 Å². The van der Waals surface area contributed by atoms with E-state index >= 15 is 0 Å². The molecule has 1 aromatic heterocycles. The summed E-state index contributed by atoms with van der Waals surface area (Å²) in [5, 5.41) is 3.15. The third-order valence-corrected chi connectivity index (χ3v) is 3.21. The summed E-state index contributed by atoms with van der Waals surface area (Å²) in [5.41, 5.74) is 0.131. The lowest BCUT2D eigenvalue weighted by Gasteiger charge is -2.31. The van der Waals surface area contributed by atoms with Crippen LogP contribution < -0.4 is 5.32 Å². The maximum absolute atomic E-state index is 12.7. The van der Waals surface area contributed by atoms with Crippen molar-refractivity contribution in [3.05, 3.63) is 18.2 Å². The van der Waals surface area contributed by atoms with Gasteiger partial charge in [-0.3, -0.25) is 0 Å². The molecule has 0 saturated carbocycles. The summed E-state index contributed by atoms with van der Waals surface area (Å²) < 4.78 is 18.5. The molecule has 1 fully saturated rings. The molecule has 2 rings (SSSR count). The van der Waals surface area contributed by atoms with E-state index in [4.69, 9.17) is 4.74 Å². The van der Waals surface area contributed by atoms with Crippen LogP contribution in [-0.2, 0) is 4.74 Å². The van der Waals surface area contributed by atoms with Crippen molar-refractivity contribution in [3.63, 3.8) is 0 Å². The molecule has 0 amide bonds. The standard InChI is InChI=1S/C13H20FN3O/c1-13(2,3)11-9(4-5-18-11)6-15-12-16-7-10(14)8-17-12/h7-9,11H,4-6H2,1-3H3,(H,15,16,17)/t9-,11+/m1/s1. The van der Waals surface area contributed by atoms with Crippen molar-refractivity contribution in [1.29, 1.82) is 0 Å². The fraction of sp³-hybridized carbons (Fsp3) is 0.692. The molecule has 1 N–H and O–H groups in total. The zero-order chi connectivity index (χ0) is 13.2. The van der Waals surface area contributed by atoms with Crippen LogP contribution in [0.4, 0.5) is 10.3 Å². The predicted octanol–water partition coefficient (Wildman–Crippen LogP) is 2.48. The molecule has 0 bridgehead atoms. The van der Waals surface area contributed by atoms with Crippen LogP contribution in [-0.4, -0.2) is 29.2 Å². The van der Waals surface area contributed by atoms with Gasteiger partial charge in [0.05, 0.1) is 18.5 Å². The molecule has 2 heterocycles. The lowest BCUT2D eigenvalue weighted by molar-refractivity contribution is 0.00955. The van der Waals surface area contributed by atoms with Crippen LogP contribution in [0.25, 0.3) is 0 Å². The van der Waals surface area contributed by atoms with Gasteiger partial charge in [0.25, 0.3) is 0 Å². The van der Waals surface area contributed by atoms with Gasteiger partial charge in [-0.2, -0.15) is 0 Å². The fourth-order valence-corrected chi connectivity index (χ4v) is 2.43. The monoisotopic (exact) mass is 253 g/mol. The van der Waals surface area contributed by atoms with Crippen molar-refractivity contribution in [2.24, 2.45) is 11.3 Å². The maximum Gasteiger partial charge on any atom is 0.222 e. The largest absolute Gasteiger partial charge is 0.377 e. The highest BCUT2D eigenvalue weighted by atomic mass is 19.1. The van der Waals surface area contributed by atoms with Gasteiger partial charge in [-0.1, -0.05) is 20.8 Å². The molecule has 1 saturated heterocycles. The second-order valence-electron chi connectivity index (χ2n) is 5.81. The fourth-order valence-electron chi connectivity index (χ4n) is 2.43. The SMILES string of the molecule is CC(C)(C)[C@H]1OCC[C@@H]1CNc1ncc(F)cn1. The summed E-state index contributed by atoms with van der Waals surface area (Å²) in [5.74, 6) is 0.493. The van der Waals surface area contributed by atoms with E-state index < -0.39 is 5.82 Å². The predicted molar refractivity (Wildman–Crippen MR) is 67.8 cm³/mol. The minimum atomic E-state index is -0.419. The van der Waals surface area contributed by atoms with Crippen molar-refractivity contribution in [2.45, 2.75) is 33.3 Å². The van der Waals surface area contributed by atoms with Gasteiger partial charge in [-0.25, -0.2) is 14.4 Å². The molecule has 18 heavy (non-hydrogen) atoms. The lowest BCUT2D eigenvalue weighted by atomic mass is 9.81. The highest BCUT2D eigenvalue weighted by molar-refractivity contribution is 5.22. The average molecular weight is 253 g/mol. The van der Waals surface area contributed by atoms with Gasteiger partial charge in [0, 0.05) is 19.1 Å². The van der Waals surface area contributed by atoms with Crippen LogP contribution in [0.3, 0.4) is 0 Å². The Morgan fingerprint density at radius 1 is 1.39 bits per heavy atom. The summed E-state index contributed by atoms with van der Waals surface area (Å²) in [4.78, 5) is 7.78. The first-order valence-corrected chi connectivity index (χ1v) is 6.30. The van der Waals surface area contributed by atoms with E-state index in [1.165, 1.54) is 12.4 Å². The van der Waals surface area contributed by atoms with E-state index in [1.54, 1.807) is 0 Å². The zero-order valence-corrected chi connectivity index (χ0v) is 11.1. The van der Waals surface area contributed by atoms with Crippen molar-refractivity contribution in [3.8, 4) is 0 Å². The molecule has 5 heteroatoms. The van der Waals surface area contributed by atoms with E-state index in [0.29, 0.717) is 11.9 Å². The quantitative estimate of drug-likeness (QED) is 0.899. The Balaban J connectivity index is 1.91. The number of nitrogens with zero attached hydrogens (tertiary/aromatic N) is 2. The zero-order valence-electron chi connectivity index (χ0n) is 11.1. The Bertz CT molecular complexity index is 388. The van der Waals surface area contributed by atoms with Crippen LogP contribution >= 0.6 is 0 Å². The van der Waals surface area contributed by atoms with E-state index in [-0.39, 0.29) is 11.5 Å². The van der Waals surface area contributed by atoms with Crippen LogP contribution in [0, 0.1) is 17.2 Å². The number of halogens is 1. The first kappa shape index (κ1) is 13.2. The van der Waals surface area contributed by atoms with Gasteiger partial charge in [0.15, 0.2) is 5.82 Å². The molecule has 0 aromatic carbocycles. The van der Waals surface area contributed by atoms with E-state index in [9.17, 15) is 4.39 Å². The molecule has 0 aliphatic carbocycles. The van der Waals surface area contributed by atoms with Gasteiger partial charge in [0.1, 0.15) is 0 Å². The van der Waals surface area contributed by atoms with E-state index in [2.05, 4.69) is 36.1 Å². The topological polar surface area (TPSA) is 47.0 Å². The molecule has 4 nitrogen and oxygen atoms in total. The molecule has 0 spiro atoms. The first-order chi connectivity index (χ1) is 8.47. The minimum Gasteiger partial charge on any atom is -0.377 e. The number of hydrogen-bond acceptors (Lipinski definition) is 4. The molecule has 0 radical (unpaired) electrons. The molecule has 100 valence electrons. The second kappa shape index (κ2) is 5.18. The number of aromatic nitrogens is 2. The molecule has 2 atom stereocenters. The van der Waals surface area contributed by atoms with Crippen molar-refractivity contribution in [1.82, 2.24) is 9.97 Å². The maximum atomic E-state index is 12.7. The third kappa shape index (κ3) is 3.16. The Morgan fingerprint density at radius 2 is 2.06 bits per heavy atom. The van der Waals surface area contributed by atoms with Crippen molar-refractivity contribution in [2.75, 3.05) is 18.5 Å². The number of hydrogen-bond donors (Lipinski definition) is 1. The average Bonchev–Trinajstić information content (AvgIpc) is 2.76. The Labute approximate surface area is 107 Å². The number of anilines is 1. The van der Waals surface area contributed by atoms with E-state index in [1.807, 2.05) is 0 Å². The lowest BCUT2D eigenvalue weighted by Crippen LogP contribution is -2.35. The van der Waals surface area contributed by atoms with Crippen molar-refractivity contribution < 1.29 is 9.13 Å². The van der Waals surface area contributed by atoms with E-state index in [0.717, 1.165) is 19.6 Å². The second-order valence-corrected chi connectivity index (χ2v) is 5.81. The number of nitrogens with one attached hydrogen (secondary N) is 1. The van der Waals surface area contributed by atoms with Gasteiger partial charge in [0.2, 0.25) is 5.95 Å². The molecular formula is C13H20FN3O. The van der Waals surface area contributed by atoms with Crippen LogP contribution in [0.2, 0.25) is 0 Å². The Morgan fingerprint density at radius 3 is 2.67 bits per heavy atom. The number of rotatable bonds is 3.